The summed E-state index contributed by atoms with van der Waals surface area (Å²) in [5, 5.41) is 1.24. The molecule has 0 N–H and O–H groups in total. The standard InChI is InChI=1S/C13H8Cl2OS/c14-10-2-1-3-12(7-10)17-13-5-4-11(15)6-9(13)8-16/h1-8H. The molecular formula is C13H8Cl2OS. The first-order chi connectivity index (χ1) is 8.19. The van der Waals surface area contributed by atoms with Gasteiger partial charge in [-0.05, 0) is 36.4 Å². The monoisotopic (exact) mass is 282 g/mol. The van der Waals surface area contributed by atoms with Crippen LogP contribution in [0.1, 0.15) is 10.4 Å². The van der Waals surface area contributed by atoms with Crippen LogP contribution >= 0.6 is 35.0 Å². The third kappa shape index (κ3) is 3.25. The van der Waals surface area contributed by atoms with Crippen molar-refractivity contribution in [2.45, 2.75) is 9.79 Å². The van der Waals surface area contributed by atoms with Gasteiger partial charge in [0.15, 0.2) is 6.29 Å². The Balaban J connectivity index is 2.32. The van der Waals surface area contributed by atoms with Crippen LogP contribution in [-0.2, 0) is 0 Å². The number of rotatable bonds is 3. The zero-order valence-electron chi connectivity index (χ0n) is 8.69. The third-order valence-corrected chi connectivity index (χ3v) is 3.67. The summed E-state index contributed by atoms with van der Waals surface area (Å²) in [4.78, 5) is 12.8. The number of hydrogen-bond acceptors (Lipinski definition) is 2. The molecule has 86 valence electrons. The van der Waals surface area contributed by atoms with E-state index in [1.54, 1.807) is 12.1 Å². The Hall–Kier alpha value is -0.960. The molecule has 0 saturated carbocycles. The molecule has 0 aliphatic carbocycles. The fourth-order valence-corrected chi connectivity index (χ4v) is 2.74. The van der Waals surface area contributed by atoms with Gasteiger partial charge in [0, 0.05) is 25.4 Å². The molecule has 2 aromatic carbocycles. The van der Waals surface area contributed by atoms with Crippen LogP contribution in [-0.4, -0.2) is 6.29 Å². The average Bonchev–Trinajstić information content (AvgIpc) is 2.31. The fourth-order valence-electron chi connectivity index (χ4n) is 1.36. The lowest BCUT2D eigenvalue weighted by Crippen LogP contribution is -1.85. The summed E-state index contributed by atoms with van der Waals surface area (Å²) in [6.45, 7) is 0. The van der Waals surface area contributed by atoms with Crippen LogP contribution < -0.4 is 0 Å². The molecule has 0 aliphatic heterocycles. The Kier molecular flexibility index (Phi) is 4.11. The number of benzene rings is 2. The summed E-state index contributed by atoms with van der Waals surface area (Å²) in [6, 6.07) is 12.7. The van der Waals surface area contributed by atoms with Crippen LogP contribution in [0.15, 0.2) is 52.3 Å². The Bertz CT molecular complexity index is 555. The zero-order chi connectivity index (χ0) is 12.3. The number of hydrogen-bond donors (Lipinski definition) is 0. The molecule has 0 radical (unpaired) electrons. The third-order valence-electron chi connectivity index (χ3n) is 2.12. The largest absolute Gasteiger partial charge is 0.298 e. The van der Waals surface area contributed by atoms with Gasteiger partial charge in [0.25, 0.3) is 0 Å². The highest BCUT2D eigenvalue weighted by molar-refractivity contribution is 7.99. The fraction of sp³-hybridized carbons (Fsp3) is 0. The molecule has 0 aromatic heterocycles. The van der Waals surface area contributed by atoms with E-state index in [1.807, 2.05) is 30.3 Å². The molecule has 1 nitrogen and oxygen atoms in total. The highest BCUT2D eigenvalue weighted by Crippen LogP contribution is 2.32. The quantitative estimate of drug-likeness (QED) is 0.741. The molecule has 0 atom stereocenters. The van der Waals surface area contributed by atoms with Gasteiger partial charge in [-0.1, -0.05) is 41.0 Å². The number of halogens is 2. The van der Waals surface area contributed by atoms with Gasteiger partial charge in [0.05, 0.1) is 0 Å². The normalized spacial score (nSPS) is 10.2. The van der Waals surface area contributed by atoms with E-state index in [2.05, 4.69) is 0 Å². The number of carbonyl (C=O) groups is 1. The highest BCUT2D eigenvalue weighted by Gasteiger charge is 2.05. The Morgan fingerprint density at radius 2 is 1.76 bits per heavy atom. The summed E-state index contributed by atoms with van der Waals surface area (Å²) >= 11 is 13.2. The van der Waals surface area contributed by atoms with E-state index in [9.17, 15) is 4.79 Å². The molecule has 0 amide bonds. The van der Waals surface area contributed by atoms with Gasteiger partial charge in [0.1, 0.15) is 0 Å². The van der Waals surface area contributed by atoms with Crippen molar-refractivity contribution >= 4 is 41.2 Å². The SMILES string of the molecule is O=Cc1cc(Cl)ccc1Sc1cccc(Cl)c1. The van der Waals surface area contributed by atoms with Crippen molar-refractivity contribution in [2.24, 2.45) is 0 Å². The van der Waals surface area contributed by atoms with E-state index in [0.29, 0.717) is 15.6 Å². The van der Waals surface area contributed by atoms with Crippen molar-refractivity contribution in [3.8, 4) is 0 Å². The van der Waals surface area contributed by atoms with Crippen LogP contribution in [0, 0.1) is 0 Å². The van der Waals surface area contributed by atoms with Crippen LogP contribution in [0.2, 0.25) is 10.0 Å². The maximum Gasteiger partial charge on any atom is 0.151 e. The molecule has 0 fully saturated rings. The first-order valence-corrected chi connectivity index (χ1v) is 6.44. The van der Waals surface area contributed by atoms with Gasteiger partial charge in [-0.2, -0.15) is 0 Å². The van der Waals surface area contributed by atoms with Crippen molar-refractivity contribution in [3.63, 3.8) is 0 Å². The lowest BCUT2D eigenvalue weighted by molar-refractivity contribution is 0.112. The van der Waals surface area contributed by atoms with Gasteiger partial charge in [-0.25, -0.2) is 0 Å². The van der Waals surface area contributed by atoms with Gasteiger partial charge in [-0.3, -0.25) is 4.79 Å². The highest BCUT2D eigenvalue weighted by atomic mass is 35.5. The Labute approximate surface area is 114 Å². The summed E-state index contributed by atoms with van der Waals surface area (Å²) in [7, 11) is 0. The number of carbonyl (C=O) groups excluding carboxylic acids is 1. The molecule has 0 saturated heterocycles. The molecular weight excluding hydrogens is 275 g/mol. The van der Waals surface area contributed by atoms with Gasteiger partial charge >= 0.3 is 0 Å². The van der Waals surface area contributed by atoms with Crippen LogP contribution in [0.3, 0.4) is 0 Å². The van der Waals surface area contributed by atoms with Crippen molar-refractivity contribution in [3.05, 3.63) is 58.1 Å². The van der Waals surface area contributed by atoms with Crippen molar-refractivity contribution in [2.75, 3.05) is 0 Å². The van der Waals surface area contributed by atoms with Crippen molar-refractivity contribution in [1.82, 2.24) is 0 Å². The van der Waals surface area contributed by atoms with Crippen molar-refractivity contribution < 1.29 is 4.79 Å². The molecule has 2 rings (SSSR count). The predicted molar refractivity (Wildman–Crippen MR) is 72.4 cm³/mol. The lowest BCUT2D eigenvalue weighted by atomic mass is 10.2. The lowest BCUT2D eigenvalue weighted by Gasteiger charge is -2.05. The zero-order valence-corrected chi connectivity index (χ0v) is 11.0. The minimum atomic E-state index is 0.558. The topological polar surface area (TPSA) is 17.1 Å². The second-order valence-electron chi connectivity index (χ2n) is 3.36. The minimum Gasteiger partial charge on any atom is -0.298 e. The van der Waals surface area contributed by atoms with E-state index in [1.165, 1.54) is 11.8 Å². The maximum atomic E-state index is 10.9. The van der Waals surface area contributed by atoms with E-state index >= 15 is 0 Å². The molecule has 0 bridgehead atoms. The summed E-state index contributed by atoms with van der Waals surface area (Å²) < 4.78 is 0. The van der Waals surface area contributed by atoms with Crippen LogP contribution in [0.4, 0.5) is 0 Å². The van der Waals surface area contributed by atoms with E-state index in [-0.39, 0.29) is 0 Å². The summed E-state index contributed by atoms with van der Waals surface area (Å²) in [6.07, 6.45) is 0.804. The van der Waals surface area contributed by atoms with Crippen LogP contribution in [0.5, 0.6) is 0 Å². The van der Waals surface area contributed by atoms with Crippen LogP contribution in [0.25, 0.3) is 0 Å². The van der Waals surface area contributed by atoms with E-state index in [4.69, 9.17) is 23.2 Å². The molecule has 0 heterocycles. The van der Waals surface area contributed by atoms with Crippen molar-refractivity contribution in [1.29, 1.82) is 0 Å². The first kappa shape index (κ1) is 12.5. The molecule has 0 spiro atoms. The Morgan fingerprint density at radius 3 is 2.47 bits per heavy atom. The van der Waals surface area contributed by atoms with Gasteiger partial charge in [-0.15, -0.1) is 0 Å². The first-order valence-electron chi connectivity index (χ1n) is 4.87. The minimum absolute atomic E-state index is 0.558. The predicted octanol–water partition coefficient (Wildman–Crippen LogP) is 4.96. The maximum absolute atomic E-state index is 10.9. The van der Waals surface area contributed by atoms with Gasteiger partial charge in [0.2, 0.25) is 0 Å². The van der Waals surface area contributed by atoms with E-state index < -0.39 is 0 Å². The summed E-state index contributed by atoms with van der Waals surface area (Å²) in [5.74, 6) is 0. The van der Waals surface area contributed by atoms with E-state index in [0.717, 1.165) is 16.1 Å². The number of aldehydes is 1. The smallest absolute Gasteiger partial charge is 0.151 e. The molecule has 2 aromatic rings. The Morgan fingerprint density at radius 1 is 1.00 bits per heavy atom. The molecule has 4 heteroatoms. The molecule has 0 aliphatic rings. The molecule has 17 heavy (non-hydrogen) atoms. The summed E-state index contributed by atoms with van der Waals surface area (Å²) in [5.41, 5.74) is 0.586. The average molecular weight is 283 g/mol. The van der Waals surface area contributed by atoms with Gasteiger partial charge < -0.3 is 0 Å². The second kappa shape index (κ2) is 5.58. The second-order valence-corrected chi connectivity index (χ2v) is 5.35. The molecule has 0 unspecified atom stereocenters.